The van der Waals surface area contributed by atoms with Crippen LogP contribution in [0.1, 0.15) is 21.6 Å². The van der Waals surface area contributed by atoms with Gasteiger partial charge in [0.1, 0.15) is 0 Å². The molecule has 0 aliphatic carbocycles. The van der Waals surface area contributed by atoms with Crippen molar-refractivity contribution in [1.29, 1.82) is 0 Å². The van der Waals surface area contributed by atoms with Crippen LogP contribution in [0.25, 0.3) is 12.2 Å². The van der Waals surface area contributed by atoms with Crippen LogP contribution in [0.3, 0.4) is 0 Å². The van der Waals surface area contributed by atoms with Gasteiger partial charge in [-0.2, -0.15) is 0 Å². The second-order valence-electron chi connectivity index (χ2n) is 5.40. The quantitative estimate of drug-likeness (QED) is 0.426. The third-order valence-electron chi connectivity index (χ3n) is 3.58. The van der Waals surface area contributed by atoms with Crippen molar-refractivity contribution in [3.63, 3.8) is 0 Å². The summed E-state index contributed by atoms with van der Waals surface area (Å²) in [6, 6.07) is 18.1. The van der Waals surface area contributed by atoms with Crippen LogP contribution < -0.4 is 9.47 Å². The van der Waals surface area contributed by atoms with Gasteiger partial charge in [0, 0.05) is 10.7 Å². The molecule has 0 spiro atoms. The van der Waals surface area contributed by atoms with Crippen LogP contribution in [0.2, 0.25) is 0 Å². The molecule has 0 amide bonds. The molecule has 1 heterocycles. The van der Waals surface area contributed by atoms with E-state index in [0.29, 0.717) is 17.1 Å². The van der Waals surface area contributed by atoms with Crippen molar-refractivity contribution in [2.75, 3.05) is 7.11 Å². The number of benzene rings is 2. The van der Waals surface area contributed by atoms with E-state index in [2.05, 4.69) is 20.9 Å². The monoisotopic (exact) mass is 409 g/mol. The molecule has 0 aliphatic rings. The zero-order valence-electron chi connectivity index (χ0n) is 14.1. The number of pyridine rings is 1. The smallest absolute Gasteiger partial charge is 0.343 e. The summed E-state index contributed by atoms with van der Waals surface area (Å²) in [7, 11) is 1.54. The van der Waals surface area contributed by atoms with Gasteiger partial charge in [0.15, 0.2) is 11.5 Å². The van der Waals surface area contributed by atoms with Crippen molar-refractivity contribution in [3.05, 3.63) is 88.2 Å². The highest BCUT2D eigenvalue weighted by atomic mass is 79.9. The van der Waals surface area contributed by atoms with Crippen molar-refractivity contribution in [2.24, 2.45) is 0 Å². The van der Waals surface area contributed by atoms with Crippen LogP contribution in [-0.4, -0.2) is 18.1 Å². The van der Waals surface area contributed by atoms with Crippen LogP contribution in [-0.2, 0) is 0 Å². The summed E-state index contributed by atoms with van der Waals surface area (Å²) in [5, 5.41) is 0. The predicted octanol–water partition coefficient (Wildman–Crippen LogP) is 5.24. The minimum absolute atomic E-state index is 0.368. The molecule has 0 saturated heterocycles. The van der Waals surface area contributed by atoms with E-state index in [1.165, 1.54) is 7.11 Å². The molecule has 0 aliphatic heterocycles. The van der Waals surface area contributed by atoms with Gasteiger partial charge in [-0.15, -0.1) is 0 Å². The number of carbonyl (C=O) groups is 1. The van der Waals surface area contributed by atoms with Gasteiger partial charge in [-0.1, -0.05) is 40.2 Å². The van der Waals surface area contributed by atoms with E-state index in [0.717, 1.165) is 15.7 Å². The van der Waals surface area contributed by atoms with E-state index in [1.54, 1.807) is 30.5 Å². The number of halogens is 1. The first-order valence-electron chi connectivity index (χ1n) is 7.90. The van der Waals surface area contributed by atoms with E-state index in [9.17, 15) is 4.79 Å². The van der Waals surface area contributed by atoms with E-state index in [1.807, 2.05) is 48.6 Å². The topological polar surface area (TPSA) is 48.4 Å². The molecule has 0 N–H and O–H groups in total. The Kier molecular flexibility index (Phi) is 5.81. The third kappa shape index (κ3) is 4.58. The Bertz CT molecular complexity index is 939. The van der Waals surface area contributed by atoms with Crippen LogP contribution in [0, 0.1) is 0 Å². The number of nitrogens with zero attached hydrogens (tertiary/aromatic N) is 1. The number of hydrogen-bond acceptors (Lipinski definition) is 4. The molecule has 130 valence electrons. The fraction of sp³-hybridized carbons (Fsp3) is 0.0476. The zero-order chi connectivity index (χ0) is 18.4. The van der Waals surface area contributed by atoms with E-state index < -0.39 is 5.97 Å². The van der Waals surface area contributed by atoms with Crippen LogP contribution >= 0.6 is 15.9 Å². The van der Waals surface area contributed by atoms with Crippen molar-refractivity contribution >= 4 is 34.1 Å². The fourth-order valence-corrected chi connectivity index (χ4v) is 2.70. The molecule has 0 unspecified atom stereocenters. The number of aromatic nitrogens is 1. The maximum atomic E-state index is 12.3. The van der Waals surface area contributed by atoms with Crippen LogP contribution in [0.4, 0.5) is 0 Å². The van der Waals surface area contributed by atoms with Gasteiger partial charge in [-0.3, -0.25) is 4.98 Å². The highest BCUT2D eigenvalue weighted by Crippen LogP contribution is 2.29. The third-order valence-corrected chi connectivity index (χ3v) is 4.08. The zero-order valence-corrected chi connectivity index (χ0v) is 15.6. The standard InChI is InChI=1S/C21H16BrNO3/c1-25-20-13-15(8-10-18-7-2-3-12-23-18)9-11-19(20)26-21(24)16-5-4-6-17(22)14-16/h2-14H,1H3/b10-8+. The minimum atomic E-state index is -0.443. The highest BCUT2D eigenvalue weighted by Gasteiger charge is 2.13. The number of esters is 1. The highest BCUT2D eigenvalue weighted by molar-refractivity contribution is 9.10. The normalized spacial score (nSPS) is 10.7. The first-order chi connectivity index (χ1) is 12.7. The van der Waals surface area contributed by atoms with Crippen LogP contribution in [0.15, 0.2) is 71.3 Å². The lowest BCUT2D eigenvalue weighted by molar-refractivity contribution is 0.0729. The fourth-order valence-electron chi connectivity index (χ4n) is 2.30. The maximum absolute atomic E-state index is 12.3. The summed E-state index contributed by atoms with van der Waals surface area (Å²) in [4.78, 5) is 16.6. The molecule has 0 radical (unpaired) electrons. The van der Waals surface area contributed by atoms with Gasteiger partial charge in [0.2, 0.25) is 0 Å². The van der Waals surface area contributed by atoms with Gasteiger partial charge in [0.05, 0.1) is 18.4 Å². The van der Waals surface area contributed by atoms with Gasteiger partial charge in [-0.25, -0.2) is 4.79 Å². The Balaban J connectivity index is 1.78. The number of hydrogen-bond donors (Lipinski definition) is 0. The van der Waals surface area contributed by atoms with Crippen molar-refractivity contribution < 1.29 is 14.3 Å². The van der Waals surface area contributed by atoms with E-state index in [4.69, 9.17) is 9.47 Å². The van der Waals surface area contributed by atoms with Crippen molar-refractivity contribution in [1.82, 2.24) is 4.98 Å². The van der Waals surface area contributed by atoms with E-state index >= 15 is 0 Å². The number of rotatable bonds is 5. The molecule has 26 heavy (non-hydrogen) atoms. The molecule has 4 nitrogen and oxygen atoms in total. The molecule has 0 saturated carbocycles. The van der Waals surface area contributed by atoms with Crippen molar-refractivity contribution in [2.45, 2.75) is 0 Å². The Morgan fingerprint density at radius 2 is 1.88 bits per heavy atom. The predicted molar refractivity (Wildman–Crippen MR) is 105 cm³/mol. The lowest BCUT2D eigenvalue weighted by atomic mass is 10.1. The summed E-state index contributed by atoms with van der Waals surface area (Å²) in [5.74, 6) is 0.408. The Morgan fingerprint density at radius 1 is 1.00 bits per heavy atom. The second kappa shape index (κ2) is 8.45. The maximum Gasteiger partial charge on any atom is 0.343 e. The SMILES string of the molecule is COc1cc(/C=C/c2ccccn2)ccc1OC(=O)c1cccc(Br)c1. The lowest BCUT2D eigenvalue weighted by Crippen LogP contribution is -2.09. The molecular formula is C21H16BrNO3. The first-order valence-corrected chi connectivity index (χ1v) is 8.70. The Labute approximate surface area is 160 Å². The van der Waals surface area contributed by atoms with Gasteiger partial charge >= 0.3 is 5.97 Å². The Hall–Kier alpha value is -2.92. The lowest BCUT2D eigenvalue weighted by Gasteiger charge is -2.10. The number of carbonyl (C=O) groups excluding carboxylic acids is 1. The minimum Gasteiger partial charge on any atom is -0.493 e. The molecule has 0 bridgehead atoms. The molecule has 3 rings (SSSR count). The average molecular weight is 410 g/mol. The van der Waals surface area contributed by atoms with Crippen molar-refractivity contribution in [3.8, 4) is 11.5 Å². The summed E-state index contributed by atoms with van der Waals surface area (Å²) in [5.41, 5.74) is 2.23. The molecular weight excluding hydrogens is 394 g/mol. The molecule has 1 aromatic heterocycles. The number of methoxy groups -OCH3 is 1. The summed E-state index contributed by atoms with van der Waals surface area (Å²) < 4.78 is 11.7. The summed E-state index contributed by atoms with van der Waals surface area (Å²) in [6.45, 7) is 0. The average Bonchev–Trinajstić information content (AvgIpc) is 2.68. The molecule has 3 aromatic rings. The molecule has 2 aromatic carbocycles. The number of ether oxygens (including phenoxy) is 2. The summed E-state index contributed by atoms with van der Waals surface area (Å²) >= 11 is 3.34. The van der Waals surface area contributed by atoms with E-state index in [-0.39, 0.29) is 0 Å². The Morgan fingerprint density at radius 3 is 2.62 bits per heavy atom. The van der Waals surface area contributed by atoms with Gasteiger partial charge in [0.25, 0.3) is 0 Å². The summed E-state index contributed by atoms with van der Waals surface area (Å²) in [6.07, 6.45) is 5.57. The molecule has 0 atom stereocenters. The molecule has 5 heteroatoms. The molecule has 0 fully saturated rings. The second-order valence-corrected chi connectivity index (χ2v) is 6.31. The largest absolute Gasteiger partial charge is 0.493 e. The van der Waals surface area contributed by atoms with Crippen LogP contribution in [0.5, 0.6) is 11.5 Å². The van der Waals surface area contributed by atoms with Gasteiger partial charge < -0.3 is 9.47 Å². The first kappa shape index (κ1) is 17.9. The van der Waals surface area contributed by atoms with Gasteiger partial charge in [-0.05, 0) is 54.1 Å².